The zero-order chi connectivity index (χ0) is 29.9. The van der Waals surface area contributed by atoms with E-state index < -0.39 is 12.1 Å². The van der Waals surface area contributed by atoms with Gasteiger partial charge in [-0.15, -0.1) is 0 Å². The van der Waals surface area contributed by atoms with Crippen molar-refractivity contribution in [2.45, 2.75) is 38.6 Å². The number of aromatic nitrogens is 2. The summed E-state index contributed by atoms with van der Waals surface area (Å²) in [4.78, 5) is 45.6. The number of rotatable bonds is 4. The van der Waals surface area contributed by atoms with E-state index in [9.17, 15) is 14.4 Å². The quantitative estimate of drug-likeness (QED) is 0.379. The average Bonchev–Trinajstić information content (AvgIpc) is 3.56. The lowest BCUT2D eigenvalue weighted by atomic mass is 10.1. The second-order valence-electron chi connectivity index (χ2n) is 10.7. The Labute approximate surface area is 248 Å². The van der Waals surface area contributed by atoms with Crippen LogP contribution in [0.5, 0.6) is 17.2 Å². The van der Waals surface area contributed by atoms with Crippen molar-refractivity contribution in [1.29, 1.82) is 0 Å². The smallest absolute Gasteiger partial charge is 0.258 e. The van der Waals surface area contributed by atoms with E-state index in [1.165, 1.54) is 7.11 Å². The molecule has 0 saturated carbocycles. The summed E-state index contributed by atoms with van der Waals surface area (Å²) in [5.41, 5.74) is 3.11. The molecule has 3 amide bonds. The number of imidazole rings is 1. The number of methoxy groups -OCH3 is 1. The first-order valence-corrected chi connectivity index (χ1v) is 14.2. The number of carbonyl (C=O) groups excluding carboxylic acids is 3. The second kappa shape index (κ2) is 12.0. The lowest BCUT2D eigenvalue weighted by Crippen LogP contribution is -2.45. The minimum atomic E-state index is -0.473. The Morgan fingerprint density at radius 1 is 1.07 bits per heavy atom. The van der Waals surface area contributed by atoms with Crippen LogP contribution in [0.2, 0.25) is 0 Å². The van der Waals surface area contributed by atoms with Gasteiger partial charge in [0.1, 0.15) is 17.7 Å². The number of fused-ring (bicyclic) bond motifs is 8. The van der Waals surface area contributed by atoms with Crippen LogP contribution in [0.3, 0.4) is 0 Å². The average molecular weight is 584 g/mol. The molecule has 43 heavy (non-hydrogen) atoms. The molecule has 4 bridgehead atoms. The van der Waals surface area contributed by atoms with E-state index in [4.69, 9.17) is 14.2 Å². The van der Waals surface area contributed by atoms with E-state index in [1.807, 2.05) is 55.5 Å². The summed E-state index contributed by atoms with van der Waals surface area (Å²) >= 11 is 0. The number of para-hydroxylation sites is 2. The Hall–Kier alpha value is -5.06. The summed E-state index contributed by atoms with van der Waals surface area (Å²) in [7, 11) is 1.49. The van der Waals surface area contributed by atoms with Gasteiger partial charge in [-0.25, -0.2) is 4.98 Å². The van der Waals surface area contributed by atoms with Gasteiger partial charge in [0.25, 0.3) is 11.8 Å². The highest BCUT2D eigenvalue weighted by molar-refractivity contribution is 5.95. The predicted molar refractivity (Wildman–Crippen MR) is 158 cm³/mol. The number of amides is 3. The number of nitrogens with one attached hydrogen (secondary N) is 2. The van der Waals surface area contributed by atoms with Gasteiger partial charge in [-0.3, -0.25) is 14.4 Å². The predicted octanol–water partition coefficient (Wildman–Crippen LogP) is 2.84. The van der Waals surface area contributed by atoms with Crippen molar-refractivity contribution in [3.05, 3.63) is 83.7 Å². The van der Waals surface area contributed by atoms with Crippen LogP contribution in [0.15, 0.2) is 66.7 Å². The van der Waals surface area contributed by atoms with Gasteiger partial charge in [-0.05, 0) is 55.0 Å². The van der Waals surface area contributed by atoms with Crippen LogP contribution in [0.25, 0.3) is 11.0 Å². The van der Waals surface area contributed by atoms with Gasteiger partial charge in [-0.2, -0.15) is 0 Å². The molecule has 1 fully saturated rings. The highest BCUT2D eigenvalue weighted by atomic mass is 16.5. The molecule has 0 unspecified atom stereocenters. The molecule has 11 heteroatoms. The van der Waals surface area contributed by atoms with Gasteiger partial charge in [0.15, 0.2) is 18.1 Å². The summed E-state index contributed by atoms with van der Waals surface area (Å²) in [6.45, 7) is 3.14. The van der Waals surface area contributed by atoms with Gasteiger partial charge >= 0.3 is 0 Å². The molecular formula is C32H33N5O6. The summed E-state index contributed by atoms with van der Waals surface area (Å²) in [5.74, 6) is 1.44. The van der Waals surface area contributed by atoms with Gasteiger partial charge in [0.05, 0.1) is 30.7 Å². The third kappa shape index (κ3) is 6.11. The van der Waals surface area contributed by atoms with Crippen LogP contribution < -0.4 is 24.8 Å². The maximum absolute atomic E-state index is 13.4. The number of likely N-dealkylation sites (tertiary alicyclic amines) is 1. The SMILES string of the molecule is COc1ccc2cc1OCC(=O)NCc1ccc(cc1)O[C@H]1CN(C(=O)CCn3c(C)nc4ccccc43)C[C@@H]1NC2=O. The summed E-state index contributed by atoms with van der Waals surface area (Å²) in [5, 5.41) is 5.88. The number of hydrogen-bond acceptors (Lipinski definition) is 7. The van der Waals surface area contributed by atoms with Crippen molar-refractivity contribution in [2.24, 2.45) is 0 Å². The first-order chi connectivity index (χ1) is 20.9. The largest absolute Gasteiger partial charge is 0.493 e. The molecule has 3 aromatic carbocycles. The number of ether oxygens (including phenoxy) is 3. The molecule has 2 N–H and O–H groups in total. The van der Waals surface area contributed by atoms with Crippen molar-refractivity contribution >= 4 is 28.8 Å². The Kier molecular flexibility index (Phi) is 7.86. The Bertz CT molecular complexity index is 1670. The van der Waals surface area contributed by atoms with E-state index in [-0.39, 0.29) is 36.5 Å². The molecule has 0 spiro atoms. The molecule has 1 aromatic heterocycles. The zero-order valence-corrected chi connectivity index (χ0v) is 24.0. The first kappa shape index (κ1) is 28.1. The molecule has 4 aromatic rings. The molecule has 0 radical (unpaired) electrons. The Balaban J connectivity index is 1.23. The Morgan fingerprint density at radius 2 is 1.88 bits per heavy atom. The third-order valence-electron chi connectivity index (χ3n) is 7.82. The van der Waals surface area contributed by atoms with Crippen molar-refractivity contribution in [2.75, 3.05) is 26.8 Å². The third-order valence-corrected chi connectivity index (χ3v) is 7.82. The van der Waals surface area contributed by atoms with Crippen LogP contribution in [-0.4, -0.2) is 71.1 Å². The standard InChI is InChI=1S/C32H33N5O6/c1-20-34-24-5-3-4-6-26(24)37(20)14-13-31(39)36-17-25-29(18-36)43-23-10-7-21(8-11-23)16-33-30(38)19-42-28-15-22(32(40)35-25)9-12-27(28)41-2/h3-12,15,25,29H,13-14,16-19H2,1-2H3,(H,33,38)(H,35,40)/t25-,29-/m0/s1. The minimum absolute atomic E-state index is 0.0316. The maximum atomic E-state index is 13.4. The highest BCUT2D eigenvalue weighted by Crippen LogP contribution is 2.29. The topological polar surface area (TPSA) is 124 Å². The number of carbonyl (C=O) groups is 3. The van der Waals surface area contributed by atoms with Crippen molar-refractivity contribution in [1.82, 2.24) is 25.1 Å². The molecule has 222 valence electrons. The van der Waals surface area contributed by atoms with E-state index >= 15 is 0 Å². The van der Waals surface area contributed by atoms with E-state index in [1.54, 1.807) is 23.1 Å². The van der Waals surface area contributed by atoms with Gasteiger partial charge in [-0.1, -0.05) is 24.3 Å². The van der Waals surface area contributed by atoms with Crippen LogP contribution in [-0.2, 0) is 22.7 Å². The van der Waals surface area contributed by atoms with Crippen molar-refractivity contribution in [3.63, 3.8) is 0 Å². The van der Waals surface area contributed by atoms with Crippen LogP contribution in [0.1, 0.15) is 28.2 Å². The fraction of sp³-hybridized carbons (Fsp3) is 0.312. The van der Waals surface area contributed by atoms with Crippen LogP contribution in [0.4, 0.5) is 0 Å². The number of hydrogen-bond donors (Lipinski definition) is 2. The fourth-order valence-corrected chi connectivity index (χ4v) is 5.52. The molecule has 7 rings (SSSR count). The van der Waals surface area contributed by atoms with Crippen LogP contribution in [0, 0.1) is 6.92 Å². The molecule has 1 saturated heterocycles. The highest BCUT2D eigenvalue weighted by Gasteiger charge is 2.38. The fourth-order valence-electron chi connectivity index (χ4n) is 5.52. The van der Waals surface area contributed by atoms with Crippen molar-refractivity contribution in [3.8, 4) is 17.2 Å². The van der Waals surface area contributed by atoms with Gasteiger partial charge < -0.3 is 34.3 Å². The first-order valence-electron chi connectivity index (χ1n) is 14.2. The molecular weight excluding hydrogens is 550 g/mol. The molecule has 0 aliphatic carbocycles. The second-order valence-corrected chi connectivity index (χ2v) is 10.7. The van der Waals surface area contributed by atoms with E-state index in [0.717, 1.165) is 22.4 Å². The van der Waals surface area contributed by atoms with Crippen LogP contribution >= 0.6 is 0 Å². The van der Waals surface area contributed by atoms with Gasteiger partial charge in [0, 0.05) is 31.6 Å². The number of nitrogens with zero attached hydrogens (tertiary/aromatic N) is 3. The molecule has 4 heterocycles. The lowest BCUT2D eigenvalue weighted by Gasteiger charge is -2.21. The summed E-state index contributed by atoms with van der Waals surface area (Å²) in [6, 6.07) is 19.6. The lowest BCUT2D eigenvalue weighted by molar-refractivity contribution is -0.130. The molecule has 3 aliphatic heterocycles. The van der Waals surface area contributed by atoms with Gasteiger partial charge in [0.2, 0.25) is 5.91 Å². The number of aryl methyl sites for hydroxylation is 2. The number of benzene rings is 3. The molecule has 2 atom stereocenters. The van der Waals surface area contributed by atoms with E-state index in [2.05, 4.69) is 20.2 Å². The van der Waals surface area contributed by atoms with E-state index in [0.29, 0.717) is 43.2 Å². The minimum Gasteiger partial charge on any atom is -0.493 e. The van der Waals surface area contributed by atoms with Crippen molar-refractivity contribution < 1.29 is 28.6 Å². The Morgan fingerprint density at radius 3 is 2.70 bits per heavy atom. The normalized spacial score (nSPS) is 18.7. The summed E-state index contributed by atoms with van der Waals surface area (Å²) < 4.78 is 19.5. The maximum Gasteiger partial charge on any atom is 0.258 e. The monoisotopic (exact) mass is 583 g/mol. The molecule has 11 nitrogen and oxygen atoms in total. The zero-order valence-electron chi connectivity index (χ0n) is 24.0. The molecule has 3 aliphatic rings. The summed E-state index contributed by atoms with van der Waals surface area (Å²) in [6.07, 6.45) is -0.187.